The van der Waals surface area contributed by atoms with Crippen molar-refractivity contribution in [3.05, 3.63) is 65.2 Å². The van der Waals surface area contributed by atoms with Crippen LogP contribution >= 0.6 is 0 Å². The highest BCUT2D eigenvalue weighted by molar-refractivity contribution is 5.82. The molecule has 162 valence electrons. The molecule has 2 atom stereocenters. The Bertz CT molecular complexity index is 934. The van der Waals surface area contributed by atoms with Crippen LogP contribution in [0.5, 0.6) is 5.75 Å². The van der Waals surface area contributed by atoms with Crippen molar-refractivity contribution in [1.82, 2.24) is 4.90 Å². The summed E-state index contributed by atoms with van der Waals surface area (Å²) in [7, 11) is 0. The normalized spacial score (nSPS) is 16.4. The first kappa shape index (κ1) is 22.2. The Morgan fingerprint density at radius 2 is 1.84 bits per heavy atom. The lowest BCUT2D eigenvalue weighted by Gasteiger charge is -2.28. The summed E-state index contributed by atoms with van der Waals surface area (Å²) in [6.07, 6.45) is 0.552. The molecule has 2 aromatic rings. The van der Waals surface area contributed by atoms with Gasteiger partial charge in [0.2, 0.25) is 0 Å². The molecule has 0 radical (unpaired) electrons. The zero-order valence-corrected chi connectivity index (χ0v) is 17.7. The van der Waals surface area contributed by atoms with Crippen LogP contribution in [-0.4, -0.2) is 42.3 Å². The van der Waals surface area contributed by atoms with Gasteiger partial charge in [0, 0.05) is 0 Å². The number of hydrogen-bond acceptors (Lipinski definition) is 6. The lowest BCUT2D eigenvalue weighted by atomic mass is 10.0. The predicted octanol–water partition coefficient (Wildman–Crippen LogP) is 3.84. The molecular weight excluding hydrogens is 396 g/mol. The van der Waals surface area contributed by atoms with Crippen LogP contribution in [0, 0.1) is 11.3 Å². The molecule has 1 aliphatic heterocycles. The summed E-state index contributed by atoms with van der Waals surface area (Å²) in [6.45, 7) is 4.51. The Morgan fingerprint density at radius 3 is 2.45 bits per heavy atom. The number of benzene rings is 2. The number of nitrogens with zero attached hydrogens (tertiary/aromatic N) is 2. The number of esters is 1. The Morgan fingerprint density at radius 1 is 1.16 bits per heavy atom. The van der Waals surface area contributed by atoms with Crippen LogP contribution in [0.1, 0.15) is 37.0 Å². The van der Waals surface area contributed by atoms with Gasteiger partial charge in [-0.15, -0.1) is 0 Å². The number of amides is 1. The average Bonchev–Trinajstić information content (AvgIpc) is 3.14. The van der Waals surface area contributed by atoms with Crippen LogP contribution < -0.4 is 4.74 Å². The van der Waals surface area contributed by atoms with Gasteiger partial charge in [-0.2, -0.15) is 5.26 Å². The fraction of sp³-hybridized carbons (Fsp3) is 0.375. The monoisotopic (exact) mass is 422 g/mol. The molecule has 1 aliphatic rings. The Labute approximate surface area is 182 Å². The van der Waals surface area contributed by atoms with Crippen LogP contribution in [0.15, 0.2) is 48.5 Å². The third kappa shape index (κ3) is 5.54. The summed E-state index contributed by atoms with van der Waals surface area (Å²) < 4.78 is 16.2. The molecule has 2 aromatic carbocycles. The molecule has 1 saturated heterocycles. The molecule has 0 spiro atoms. The van der Waals surface area contributed by atoms with Crippen LogP contribution in [0.25, 0.3) is 0 Å². The maximum Gasteiger partial charge on any atom is 0.410 e. The van der Waals surface area contributed by atoms with Gasteiger partial charge in [0.05, 0.1) is 24.3 Å². The van der Waals surface area contributed by atoms with Gasteiger partial charge in [-0.05, 0) is 55.2 Å². The van der Waals surface area contributed by atoms with Crippen LogP contribution in [0.4, 0.5) is 4.79 Å². The maximum atomic E-state index is 12.3. The zero-order valence-electron chi connectivity index (χ0n) is 17.7. The minimum Gasteiger partial charge on any atom is -0.489 e. The molecule has 7 heteroatoms. The van der Waals surface area contributed by atoms with Gasteiger partial charge in [-0.25, -0.2) is 9.59 Å². The second-order valence-corrected chi connectivity index (χ2v) is 7.26. The molecule has 0 aromatic heterocycles. The Balaban J connectivity index is 1.60. The summed E-state index contributed by atoms with van der Waals surface area (Å²) in [5, 5.41) is 8.86. The second-order valence-electron chi connectivity index (χ2n) is 7.26. The zero-order chi connectivity index (χ0) is 22.2. The number of rotatable bonds is 9. The van der Waals surface area contributed by atoms with E-state index in [1.807, 2.05) is 43.3 Å². The topological polar surface area (TPSA) is 88.9 Å². The smallest absolute Gasteiger partial charge is 0.410 e. The van der Waals surface area contributed by atoms with Crippen molar-refractivity contribution in [3.63, 3.8) is 0 Å². The molecule has 3 rings (SSSR count). The lowest BCUT2D eigenvalue weighted by molar-refractivity contribution is -0.149. The van der Waals surface area contributed by atoms with Crippen molar-refractivity contribution in [1.29, 1.82) is 5.26 Å². The van der Waals surface area contributed by atoms with Gasteiger partial charge in [-0.3, -0.25) is 4.90 Å². The van der Waals surface area contributed by atoms with E-state index in [1.165, 1.54) is 4.90 Å². The largest absolute Gasteiger partial charge is 0.489 e. The third-order valence-electron chi connectivity index (χ3n) is 5.17. The van der Waals surface area contributed by atoms with Gasteiger partial charge in [0.15, 0.2) is 0 Å². The highest BCUT2D eigenvalue weighted by atomic mass is 16.6. The van der Waals surface area contributed by atoms with E-state index in [4.69, 9.17) is 19.5 Å². The number of carbonyl (C=O) groups excluding carboxylic acids is 2. The molecule has 1 amide bonds. The highest BCUT2D eigenvalue weighted by Gasteiger charge is 2.41. The first-order valence-electron chi connectivity index (χ1n) is 10.4. The van der Waals surface area contributed by atoms with Gasteiger partial charge in [0.1, 0.15) is 25.0 Å². The van der Waals surface area contributed by atoms with Crippen molar-refractivity contribution < 1.29 is 23.8 Å². The van der Waals surface area contributed by atoms with Crippen LogP contribution in [0.2, 0.25) is 0 Å². The minimum absolute atomic E-state index is 0.229. The van der Waals surface area contributed by atoms with Gasteiger partial charge in [0.25, 0.3) is 0 Å². The Kier molecular flexibility index (Phi) is 7.50. The fourth-order valence-corrected chi connectivity index (χ4v) is 3.56. The van der Waals surface area contributed by atoms with E-state index < -0.39 is 18.1 Å². The first-order chi connectivity index (χ1) is 15.0. The molecule has 31 heavy (non-hydrogen) atoms. The van der Waals surface area contributed by atoms with E-state index in [2.05, 4.69) is 6.07 Å². The quantitative estimate of drug-likeness (QED) is 0.571. The summed E-state index contributed by atoms with van der Waals surface area (Å²) in [6, 6.07) is 16.1. The van der Waals surface area contributed by atoms with E-state index in [0.717, 1.165) is 16.9 Å². The standard InChI is InChI=1S/C24H26N2O5/c1-3-22(23(27)29-4-2)26-20(16-31-24(26)28)13-17-9-11-21(12-10-17)30-15-19-7-5-18(14-25)6-8-19/h5-12,20,22H,3-4,13,15-16H2,1-2H3/t20-,22?/m0/s1. The Hall–Kier alpha value is -3.53. The molecule has 1 unspecified atom stereocenters. The number of cyclic esters (lactones) is 1. The van der Waals surface area contributed by atoms with E-state index in [-0.39, 0.29) is 19.3 Å². The predicted molar refractivity (Wildman–Crippen MR) is 113 cm³/mol. The van der Waals surface area contributed by atoms with Gasteiger partial charge >= 0.3 is 12.1 Å². The lowest BCUT2D eigenvalue weighted by Crippen LogP contribution is -2.47. The maximum absolute atomic E-state index is 12.3. The van der Waals surface area contributed by atoms with Crippen LogP contribution in [-0.2, 0) is 27.3 Å². The molecule has 7 nitrogen and oxygen atoms in total. The summed E-state index contributed by atoms with van der Waals surface area (Å²) in [5.41, 5.74) is 2.60. The fourth-order valence-electron chi connectivity index (χ4n) is 3.56. The molecular formula is C24H26N2O5. The number of nitriles is 1. The summed E-state index contributed by atoms with van der Waals surface area (Å²) in [5.74, 6) is 0.321. The van der Waals surface area contributed by atoms with E-state index in [1.54, 1.807) is 19.1 Å². The number of carbonyl (C=O) groups is 2. The first-order valence-corrected chi connectivity index (χ1v) is 10.4. The summed E-state index contributed by atoms with van der Waals surface area (Å²) >= 11 is 0. The highest BCUT2D eigenvalue weighted by Crippen LogP contribution is 2.24. The van der Waals surface area contributed by atoms with Crippen molar-refractivity contribution >= 4 is 12.1 Å². The van der Waals surface area contributed by atoms with E-state index >= 15 is 0 Å². The van der Waals surface area contributed by atoms with Gasteiger partial charge in [-0.1, -0.05) is 31.2 Å². The molecule has 0 aliphatic carbocycles. The average molecular weight is 422 g/mol. The second kappa shape index (κ2) is 10.5. The van der Waals surface area contributed by atoms with Gasteiger partial charge < -0.3 is 14.2 Å². The summed E-state index contributed by atoms with van der Waals surface area (Å²) in [4.78, 5) is 26.0. The van der Waals surface area contributed by atoms with E-state index in [0.29, 0.717) is 25.0 Å². The third-order valence-corrected chi connectivity index (χ3v) is 5.17. The molecule has 0 N–H and O–H groups in total. The van der Waals surface area contributed by atoms with Crippen molar-refractivity contribution in [3.8, 4) is 11.8 Å². The van der Waals surface area contributed by atoms with Crippen molar-refractivity contribution in [2.75, 3.05) is 13.2 Å². The molecule has 0 saturated carbocycles. The van der Waals surface area contributed by atoms with E-state index in [9.17, 15) is 9.59 Å². The number of ether oxygens (including phenoxy) is 3. The SMILES string of the molecule is CCOC(=O)C(CC)N1C(=O)OC[C@@H]1Cc1ccc(OCc2ccc(C#N)cc2)cc1. The molecule has 1 heterocycles. The number of hydrogen-bond donors (Lipinski definition) is 0. The van der Waals surface area contributed by atoms with Crippen LogP contribution in [0.3, 0.4) is 0 Å². The van der Waals surface area contributed by atoms with Crippen molar-refractivity contribution in [2.45, 2.75) is 45.4 Å². The molecule has 1 fully saturated rings. The van der Waals surface area contributed by atoms with Crippen molar-refractivity contribution in [2.24, 2.45) is 0 Å². The molecule has 0 bridgehead atoms. The minimum atomic E-state index is -0.644.